The molecule has 3 heterocycles. The monoisotopic (exact) mass is 365 g/mol. The summed E-state index contributed by atoms with van der Waals surface area (Å²) in [4.78, 5) is 19.8. The topological polar surface area (TPSA) is 64.7 Å². The van der Waals surface area contributed by atoms with E-state index in [4.69, 9.17) is 9.84 Å². The second-order valence-electron chi connectivity index (χ2n) is 7.39. The van der Waals surface area contributed by atoms with Crippen molar-refractivity contribution >= 4 is 11.2 Å². The predicted molar refractivity (Wildman–Crippen MR) is 103 cm³/mol. The first-order valence-corrected chi connectivity index (χ1v) is 9.61. The molecule has 140 valence electrons. The first kappa shape index (κ1) is 16.4. The molecule has 0 atom stereocenters. The molecule has 0 amide bonds. The van der Waals surface area contributed by atoms with Crippen molar-refractivity contribution in [2.45, 2.75) is 44.7 Å². The molecule has 0 bridgehead atoms. The third kappa shape index (κ3) is 2.69. The number of methoxy groups -OCH3 is 1. The summed E-state index contributed by atoms with van der Waals surface area (Å²) < 4.78 is 8.95. The number of hydrogen-bond acceptors (Lipinski definition) is 5. The highest BCUT2D eigenvalue weighted by atomic mass is 16.5. The van der Waals surface area contributed by atoms with Crippen LogP contribution in [0.4, 0.5) is 5.69 Å². The van der Waals surface area contributed by atoms with Crippen molar-refractivity contribution in [3.05, 3.63) is 52.5 Å². The second-order valence-corrected chi connectivity index (χ2v) is 7.39. The number of imidazole rings is 1. The zero-order valence-electron chi connectivity index (χ0n) is 15.5. The molecule has 0 unspecified atom stereocenters. The largest absolute Gasteiger partial charge is 0.497 e. The molecule has 7 nitrogen and oxygen atoms in total. The van der Waals surface area contributed by atoms with E-state index in [1.807, 2.05) is 18.2 Å². The highest BCUT2D eigenvalue weighted by Crippen LogP contribution is 2.33. The first-order valence-electron chi connectivity index (χ1n) is 9.61. The Morgan fingerprint density at radius 3 is 2.85 bits per heavy atom. The summed E-state index contributed by atoms with van der Waals surface area (Å²) in [6.45, 7) is 1.99. The van der Waals surface area contributed by atoms with Crippen molar-refractivity contribution in [3.8, 4) is 5.75 Å². The smallest absolute Gasteiger partial charge is 0.279 e. The molecule has 1 aliphatic heterocycles. The van der Waals surface area contributed by atoms with Crippen molar-refractivity contribution < 1.29 is 4.74 Å². The van der Waals surface area contributed by atoms with Gasteiger partial charge in [-0.2, -0.15) is 5.10 Å². The van der Waals surface area contributed by atoms with E-state index in [2.05, 4.69) is 16.0 Å². The van der Waals surface area contributed by atoms with Gasteiger partial charge in [0.25, 0.3) is 5.56 Å². The van der Waals surface area contributed by atoms with Crippen LogP contribution in [0.25, 0.3) is 5.52 Å². The number of rotatable bonds is 3. The molecule has 1 aromatic carbocycles. The molecule has 3 aromatic rings. The molecule has 2 aliphatic rings. The molecule has 7 heteroatoms. The number of anilines is 1. The van der Waals surface area contributed by atoms with E-state index in [-0.39, 0.29) is 5.56 Å². The third-order valence-corrected chi connectivity index (χ3v) is 5.82. The van der Waals surface area contributed by atoms with Gasteiger partial charge < -0.3 is 9.64 Å². The second kappa shape index (κ2) is 6.40. The summed E-state index contributed by atoms with van der Waals surface area (Å²) >= 11 is 0. The Morgan fingerprint density at radius 1 is 1.19 bits per heavy atom. The molecule has 1 saturated carbocycles. The molecule has 0 radical (unpaired) electrons. The normalized spacial score (nSPS) is 17.4. The highest BCUT2D eigenvalue weighted by molar-refractivity contribution is 5.51. The van der Waals surface area contributed by atoms with Crippen LogP contribution in [0.1, 0.15) is 43.3 Å². The van der Waals surface area contributed by atoms with E-state index in [1.54, 1.807) is 22.4 Å². The van der Waals surface area contributed by atoms with Gasteiger partial charge in [0.05, 0.1) is 19.9 Å². The van der Waals surface area contributed by atoms with Gasteiger partial charge in [0, 0.05) is 30.8 Å². The summed E-state index contributed by atoms with van der Waals surface area (Å²) in [7, 11) is 1.67. The van der Waals surface area contributed by atoms with E-state index in [0.29, 0.717) is 24.5 Å². The quantitative estimate of drug-likeness (QED) is 0.714. The number of hydrogen-bond donors (Lipinski definition) is 0. The Labute approximate surface area is 157 Å². The summed E-state index contributed by atoms with van der Waals surface area (Å²) in [5.74, 6) is 2.98. The van der Waals surface area contributed by atoms with Crippen molar-refractivity contribution in [2.24, 2.45) is 0 Å². The number of ether oxygens (including phenoxy) is 1. The average Bonchev–Trinajstić information content (AvgIpc) is 3.37. The van der Waals surface area contributed by atoms with E-state index in [1.165, 1.54) is 12.8 Å². The van der Waals surface area contributed by atoms with Crippen LogP contribution in [0.15, 0.2) is 35.3 Å². The minimum atomic E-state index is 0.0158. The van der Waals surface area contributed by atoms with E-state index in [0.717, 1.165) is 42.5 Å². The maximum atomic E-state index is 13.0. The Kier molecular flexibility index (Phi) is 3.88. The van der Waals surface area contributed by atoms with Gasteiger partial charge in [0.2, 0.25) is 0 Å². The Morgan fingerprint density at radius 2 is 2.04 bits per heavy atom. The summed E-state index contributed by atoms with van der Waals surface area (Å²) in [5, 5.41) is 4.84. The van der Waals surface area contributed by atoms with Crippen LogP contribution < -0.4 is 15.2 Å². The zero-order valence-corrected chi connectivity index (χ0v) is 15.5. The molecule has 0 N–H and O–H groups in total. The van der Waals surface area contributed by atoms with Crippen LogP contribution in [0, 0.1) is 0 Å². The molecule has 0 spiro atoms. The molecular weight excluding hydrogens is 342 g/mol. The van der Waals surface area contributed by atoms with Gasteiger partial charge in [-0.1, -0.05) is 18.9 Å². The zero-order chi connectivity index (χ0) is 18.4. The fourth-order valence-corrected chi connectivity index (χ4v) is 4.34. The van der Waals surface area contributed by atoms with Gasteiger partial charge in [0.1, 0.15) is 11.6 Å². The summed E-state index contributed by atoms with van der Waals surface area (Å²) in [5.41, 5.74) is 1.69. The number of benzene rings is 1. The lowest BCUT2D eigenvalue weighted by molar-refractivity contribution is 0.414. The molecule has 5 rings (SSSR count). The highest BCUT2D eigenvalue weighted by Gasteiger charge is 2.26. The number of fused-ring (bicyclic) bond motifs is 2. The van der Waals surface area contributed by atoms with Crippen molar-refractivity contribution in [3.63, 3.8) is 0 Å². The van der Waals surface area contributed by atoms with Crippen LogP contribution in [-0.2, 0) is 13.1 Å². The number of nitrogens with zero attached hydrogens (tertiary/aromatic N) is 5. The first-order chi connectivity index (χ1) is 13.2. The standard InChI is InChI=1S/C20H23N5O2/c1-27-16-8-4-7-15(11-16)23-9-10-24-18(13-23)22-25-17(20(24)26)12-21-19(25)14-5-2-3-6-14/h4,7-8,11-12,14H,2-3,5-6,9-10,13H2,1H3. The molecule has 2 aromatic heterocycles. The van der Waals surface area contributed by atoms with Gasteiger partial charge in [-0.25, -0.2) is 9.50 Å². The molecular formula is C20H23N5O2. The van der Waals surface area contributed by atoms with Gasteiger partial charge in [0.15, 0.2) is 11.3 Å². The summed E-state index contributed by atoms with van der Waals surface area (Å²) in [6.07, 6.45) is 6.43. The van der Waals surface area contributed by atoms with Gasteiger partial charge in [-0.15, -0.1) is 0 Å². The lowest BCUT2D eigenvalue weighted by Crippen LogP contribution is -2.41. The Balaban J connectivity index is 1.55. The molecule has 1 aliphatic carbocycles. The lowest BCUT2D eigenvalue weighted by Gasteiger charge is -2.31. The van der Waals surface area contributed by atoms with Crippen LogP contribution >= 0.6 is 0 Å². The minimum absolute atomic E-state index is 0.0158. The fourth-order valence-electron chi connectivity index (χ4n) is 4.34. The van der Waals surface area contributed by atoms with E-state index < -0.39 is 0 Å². The van der Waals surface area contributed by atoms with Crippen molar-refractivity contribution in [2.75, 3.05) is 18.6 Å². The van der Waals surface area contributed by atoms with E-state index in [9.17, 15) is 4.79 Å². The van der Waals surface area contributed by atoms with Crippen molar-refractivity contribution in [1.29, 1.82) is 0 Å². The number of aromatic nitrogens is 4. The molecule has 0 saturated heterocycles. The van der Waals surface area contributed by atoms with Gasteiger partial charge >= 0.3 is 0 Å². The third-order valence-electron chi connectivity index (χ3n) is 5.82. The maximum Gasteiger partial charge on any atom is 0.279 e. The minimum Gasteiger partial charge on any atom is -0.497 e. The SMILES string of the molecule is COc1cccc(N2CCn3c(nn4c(C5CCCC5)ncc4c3=O)C2)c1. The predicted octanol–water partition coefficient (Wildman–Crippen LogP) is 2.58. The van der Waals surface area contributed by atoms with E-state index >= 15 is 0 Å². The fraction of sp³-hybridized carbons (Fsp3) is 0.450. The lowest BCUT2D eigenvalue weighted by atomic mass is 10.1. The Bertz CT molecular complexity index is 1050. The molecule has 27 heavy (non-hydrogen) atoms. The van der Waals surface area contributed by atoms with Crippen LogP contribution in [0.2, 0.25) is 0 Å². The molecule has 1 fully saturated rings. The average molecular weight is 365 g/mol. The summed E-state index contributed by atoms with van der Waals surface area (Å²) in [6, 6.07) is 8.01. The van der Waals surface area contributed by atoms with Crippen LogP contribution in [-0.4, -0.2) is 32.8 Å². The Hall–Kier alpha value is -2.83. The van der Waals surface area contributed by atoms with Crippen molar-refractivity contribution in [1.82, 2.24) is 19.2 Å². The van der Waals surface area contributed by atoms with Gasteiger partial charge in [-0.05, 0) is 25.0 Å². The maximum absolute atomic E-state index is 13.0. The van der Waals surface area contributed by atoms with Crippen LogP contribution in [0.3, 0.4) is 0 Å². The van der Waals surface area contributed by atoms with Gasteiger partial charge in [-0.3, -0.25) is 9.36 Å². The van der Waals surface area contributed by atoms with Crippen LogP contribution in [0.5, 0.6) is 5.75 Å².